The Kier molecular flexibility index (Phi) is 5.10. The minimum Gasteiger partial charge on any atom is -0.493 e. The molecule has 0 radical (unpaired) electrons. The summed E-state index contributed by atoms with van der Waals surface area (Å²) in [6.07, 6.45) is 0. The summed E-state index contributed by atoms with van der Waals surface area (Å²) in [5.41, 5.74) is 5.14. The van der Waals surface area contributed by atoms with Crippen LogP contribution in [0.3, 0.4) is 0 Å². The number of hydrogen-bond acceptors (Lipinski definition) is 5. The molecule has 4 aromatic rings. The predicted octanol–water partition coefficient (Wildman–Crippen LogP) is 5.34. The van der Waals surface area contributed by atoms with E-state index in [-0.39, 0.29) is 23.8 Å². The summed E-state index contributed by atoms with van der Waals surface area (Å²) in [7, 11) is 1.46. The fourth-order valence-corrected chi connectivity index (χ4v) is 3.37. The van der Waals surface area contributed by atoms with Crippen molar-refractivity contribution in [1.82, 2.24) is 9.97 Å². The molecule has 7 nitrogen and oxygen atoms in total. The molecule has 1 aromatic heterocycles. The average Bonchev–Trinajstić information content (AvgIpc) is 3.14. The molecule has 0 bridgehead atoms. The Morgan fingerprint density at radius 1 is 1.07 bits per heavy atom. The molecule has 0 aliphatic heterocycles. The van der Waals surface area contributed by atoms with E-state index in [4.69, 9.17) is 9.47 Å². The topological polar surface area (TPSA) is 90.3 Å². The first-order chi connectivity index (χ1) is 14.4. The molecule has 30 heavy (non-hydrogen) atoms. The molecular weight excluding hydrogens is 382 g/mol. The van der Waals surface area contributed by atoms with Crippen LogP contribution < -0.4 is 9.47 Å². The van der Waals surface area contributed by atoms with Gasteiger partial charge in [0.15, 0.2) is 5.75 Å². The minimum absolute atomic E-state index is 0.0970. The number of rotatable bonds is 6. The monoisotopic (exact) mass is 403 g/mol. The van der Waals surface area contributed by atoms with Gasteiger partial charge in [-0.2, -0.15) is 0 Å². The molecule has 152 valence electrons. The van der Waals surface area contributed by atoms with Crippen molar-refractivity contribution in [2.24, 2.45) is 0 Å². The van der Waals surface area contributed by atoms with Crippen LogP contribution in [0.1, 0.15) is 16.7 Å². The second-order valence-corrected chi connectivity index (χ2v) is 7.17. The summed E-state index contributed by atoms with van der Waals surface area (Å²) in [6, 6.07) is 16.8. The first-order valence-corrected chi connectivity index (χ1v) is 9.46. The number of fused-ring (bicyclic) bond motifs is 1. The molecule has 0 unspecified atom stereocenters. The smallest absolute Gasteiger partial charge is 0.315 e. The van der Waals surface area contributed by atoms with Gasteiger partial charge in [0.1, 0.15) is 12.4 Å². The van der Waals surface area contributed by atoms with Crippen molar-refractivity contribution < 1.29 is 14.4 Å². The molecule has 0 spiro atoms. The van der Waals surface area contributed by atoms with Crippen LogP contribution >= 0.6 is 0 Å². The lowest BCUT2D eigenvalue weighted by Gasteiger charge is -2.12. The van der Waals surface area contributed by atoms with Gasteiger partial charge in [-0.1, -0.05) is 35.9 Å². The van der Waals surface area contributed by atoms with Gasteiger partial charge in [0.05, 0.1) is 23.1 Å². The molecule has 1 N–H and O–H groups in total. The minimum atomic E-state index is -0.468. The molecule has 0 amide bonds. The van der Waals surface area contributed by atoms with Crippen LogP contribution in [0, 0.1) is 24.0 Å². The van der Waals surface area contributed by atoms with E-state index in [0.717, 1.165) is 27.7 Å². The average molecular weight is 403 g/mol. The Morgan fingerprint density at radius 2 is 1.87 bits per heavy atom. The molecule has 0 saturated carbocycles. The first-order valence-electron chi connectivity index (χ1n) is 9.46. The number of nitrogens with zero attached hydrogens (tertiary/aromatic N) is 2. The van der Waals surface area contributed by atoms with Gasteiger partial charge in [0.2, 0.25) is 5.75 Å². The zero-order chi connectivity index (χ0) is 21.3. The van der Waals surface area contributed by atoms with E-state index in [2.05, 4.69) is 9.97 Å². The van der Waals surface area contributed by atoms with Crippen molar-refractivity contribution >= 4 is 16.7 Å². The van der Waals surface area contributed by atoms with Gasteiger partial charge in [-0.05, 0) is 43.2 Å². The standard InChI is InChI=1S/C23H21N3O4/c1-14-5-4-6-16(9-14)13-30-22-20(26(27)28)11-17(12-21(22)29-3)23-24-18-8-7-15(2)10-19(18)25-23/h4-12H,13H2,1-3H3,(H,24,25). The molecule has 0 aliphatic carbocycles. The highest BCUT2D eigenvalue weighted by Gasteiger charge is 2.24. The molecule has 0 saturated heterocycles. The van der Waals surface area contributed by atoms with Crippen LogP contribution in [0.15, 0.2) is 54.6 Å². The lowest BCUT2D eigenvalue weighted by Crippen LogP contribution is -2.02. The van der Waals surface area contributed by atoms with E-state index < -0.39 is 4.92 Å². The zero-order valence-electron chi connectivity index (χ0n) is 16.9. The molecular formula is C23H21N3O4. The van der Waals surface area contributed by atoms with Crippen LogP contribution in [0.2, 0.25) is 0 Å². The van der Waals surface area contributed by atoms with Gasteiger partial charge in [-0.25, -0.2) is 4.98 Å². The molecule has 1 heterocycles. The SMILES string of the molecule is COc1cc(-c2nc3ccc(C)cc3[nH]2)cc([N+](=O)[O-])c1OCc1cccc(C)c1. The Bertz CT molecular complexity index is 1250. The fourth-order valence-electron chi connectivity index (χ4n) is 3.37. The number of nitrogens with one attached hydrogen (secondary N) is 1. The van der Waals surface area contributed by atoms with Crippen LogP contribution in [0.25, 0.3) is 22.4 Å². The molecule has 0 fully saturated rings. The van der Waals surface area contributed by atoms with E-state index in [1.165, 1.54) is 13.2 Å². The summed E-state index contributed by atoms with van der Waals surface area (Å²) >= 11 is 0. The predicted molar refractivity (Wildman–Crippen MR) is 115 cm³/mol. The van der Waals surface area contributed by atoms with Crippen LogP contribution in [0.4, 0.5) is 5.69 Å². The Morgan fingerprint density at radius 3 is 2.60 bits per heavy atom. The quantitative estimate of drug-likeness (QED) is 0.346. The number of imidazole rings is 1. The summed E-state index contributed by atoms with van der Waals surface area (Å²) in [6.45, 7) is 4.17. The highest BCUT2D eigenvalue weighted by Crippen LogP contribution is 2.41. The summed E-state index contributed by atoms with van der Waals surface area (Å²) in [5, 5.41) is 11.8. The van der Waals surface area contributed by atoms with Gasteiger partial charge in [-0.3, -0.25) is 10.1 Å². The number of nitro benzene ring substituents is 1. The summed E-state index contributed by atoms with van der Waals surface area (Å²) < 4.78 is 11.3. The van der Waals surface area contributed by atoms with Gasteiger partial charge >= 0.3 is 5.69 Å². The van der Waals surface area contributed by atoms with Crippen molar-refractivity contribution in [3.05, 3.63) is 81.4 Å². The van der Waals surface area contributed by atoms with Gasteiger partial charge in [0.25, 0.3) is 0 Å². The van der Waals surface area contributed by atoms with E-state index >= 15 is 0 Å². The van der Waals surface area contributed by atoms with Crippen molar-refractivity contribution in [3.63, 3.8) is 0 Å². The summed E-state index contributed by atoms with van der Waals surface area (Å²) in [4.78, 5) is 19.1. The number of methoxy groups -OCH3 is 1. The van der Waals surface area contributed by atoms with E-state index in [1.807, 2.05) is 56.3 Å². The van der Waals surface area contributed by atoms with Crippen LogP contribution in [-0.2, 0) is 6.61 Å². The normalized spacial score (nSPS) is 10.9. The van der Waals surface area contributed by atoms with Gasteiger partial charge in [0, 0.05) is 11.6 Å². The maximum absolute atomic E-state index is 11.8. The Labute approximate surface area is 173 Å². The number of nitro groups is 1. The number of aryl methyl sites for hydroxylation is 2. The fraction of sp³-hybridized carbons (Fsp3) is 0.174. The van der Waals surface area contributed by atoms with Gasteiger partial charge < -0.3 is 14.5 Å². The highest BCUT2D eigenvalue weighted by atomic mass is 16.6. The third-order valence-electron chi connectivity index (χ3n) is 4.83. The molecule has 7 heteroatoms. The third-order valence-corrected chi connectivity index (χ3v) is 4.83. The lowest BCUT2D eigenvalue weighted by molar-refractivity contribution is -0.386. The third kappa shape index (κ3) is 3.82. The van der Waals surface area contributed by atoms with Crippen LogP contribution in [-0.4, -0.2) is 22.0 Å². The van der Waals surface area contributed by atoms with Crippen molar-refractivity contribution in [2.75, 3.05) is 7.11 Å². The maximum atomic E-state index is 11.8. The van der Waals surface area contributed by atoms with Crippen molar-refractivity contribution in [1.29, 1.82) is 0 Å². The second-order valence-electron chi connectivity index (χ2n) is 7.17. The van der Waals surface area contributed by atoms with Crippen LogP contribution in [0.5, 0.6) is 11.5 Å². The Hall–Kier alpha value is -3.87. The zero-order valence-corrected chi connectivity index (χ0v) is 16.9. The van der Waals surface area contributed by atoms with Crippen molar-refractivity contribution in [2.45, 2.75) is 20.5 Å². The van der Waals surface area contributed by atoms with Gasteiger partial charge in [-0.15, -0.1) is 0 Å². The largest absolute Gasteiger partial charge is 0.493 e. The molecule has 4 rings (SSSR count). The number of ether oxygens (including phenoxy) is 2. The maximum Gasteiger partial charge on any atom is 0.315 e. The number of aromatic amines is 1. The number of H-pyrrole nitrogens is 1. The van der Waals surface area contributed by atoms with E-state index in [9.17, 15) is 10.1 Å². The van der Waals surface area contributed by atoms with E-state index in [0.29, 0.717) is 11.4 Å². The van der Waals surface area contributed by atoms with E-state index in [1.54, 1.807) is 6.07 Å². The number of benzene rings is 3. The second kappa shape index (κ2) is 7.87. The molecule has 0 aliphatic rings. The number of hydrogen-bond donors (Lipinski definition) is 1. The molecule has 3 aromatic carbocycles. The number of aromatic nitrogens is 2. The highest BCUT2D eigenvalue weighted by molar-refractivity contribution is 5.81. The first kappa shape index (κ1) is 19.4. The lowest BCUT2D eigenvalue weighted by atomic mass is 10.1. The summed E-state index contributed by atoms with van der Waals surface area (Å²) in [5.74, 6) is 0.908. The molecule has 0 atom stereocenters. The Balaban J connectivity index is 1.74. The van der Waals surface area contributed by atoms with Crippen molar-refractivity contribution in [3.8, 4) is 22.9 Å².